The number of aliphatic carboxylic acids is 1. The van der Waals surface area contributed by atoms with E-state index in [9.17, 15) is 92.0 Å². The van der Waals surface area contributed by atoms with Crippen LogP contribution in [0.4, 0.5) is 0 Å². The third-order valence-electron chi connectivity index (χ3n) is 18.9. The predicted molar refractivity (Wildman–Crippen MR) is 428 cm³/mol. The first-order valence-electron chi connectivity index (χ1n) is 39.8. The number of amides is 15. The van der Waals surface area contributed by atoms with E-state index in [1.165, 1.54) is 0 Å². The van der Waals surface area contributed by atoms with Crippen LogP contribution in [0.5, 0.6) is 0 Å². The van der Waals surface area contributed by atoms with E-state index in [2.05, 4.69) is 84.7 Å². The van der Waals surface area contributed by atoms with Gasteiger partial charge in [-0.25, -0.2) is 4.79 Å². The minimum absolute atomic E-state index is 0.00476. The van der Waals surface area contributed by atoms with Crippen molar-refractivity contribution in [3.63, 3.8) is 0 Å². The highest BCUT2D eigenvalue weighted by atomic mass is 16.4. The number of hydrogen-bond donors (Lipinski definition) is 24. The summed E-state index contributed by atoms with van der Waals surface area (Å²) in [6.45, 7) is 20.1. The van der Waals surface area contributed by atoms with Crippen molar-refractivity contribution in [3.8, 4) is 0 Å². The quantitative estimate of drug-likeness (QED) is 0.0153. The first-order valence-corrected chi connectivity index (χ1v) is 39.8. The predicted octanol–water partition coefficient (Wildman–Crippen LogP) is -6.25. The van der Waals surface area contributed by atoms with E-state index < -0.39 is 241 Å². The summed E-state index contributed by atoms with van der Waals surface area (Å²) < 4.78 is 0. The van der Waals surface area contributed by atoms with Crippen molar-refractivity contribution in [1.29, 1.82) is 0 Å². The maximum atomic E-state index is 14.4. The van der Waals surface area contributed by atoms with Crippen molar-refractivity contribution in [2.45, 2.75) is 265 Å². The monoisotopic (exact) mass is 1640 g/mol. The normalized spacial score (nSPS) is 15.2. The summed E-state index contributed by atoms with van der Waals surface area (Å²) in [4.78, 5) is 222. The molecular formula is C74H138N22O19. The molecule has 0 aliphatic carbocycles. The number of carboxylic acids is 1. The Labute approximate surface area is 675 Å². The summed E-state index contributed by atoms with van der Waals surface area (Å²) in [5.74, 6) is -18.4. The molecule has 41 nitrogen and oxygen atoms in total. The van der Waals surface area contributed by atoms with Gasteiger partial charge in [0.2, 0.25) is 88.6 Å². The lowest BCUT2D eigenvalue weighted by Crippen LogP contribution is -2.62. The van der Waals surface area contributed by atoms with E-state index in [4.69, 9.17) is 34.4 Å². The highest BCUT2D eigenvalue weighted by molar-refractivity contribution is 6.00. The van der Waals surface area contributed by atoms with Gasteiger partial charge in [0.15, 0.2) is 5.96 Å². The van der Waals surface area contributed by atoms with Crippen molar-refractivity contribution < 1.29 is 92.0 Å². The molecule has 15 amide bonds. The molecule has 0 bridgehead atoms. The van der Waals surface area contributed by atoms with E-state index in [0.717, 1.165) is 0 Å². The first-order chi connectivity index (χ1) is 54.0. The highest BCUT2D eigenvalue weighted by Gasteiger charge is 2.40. The van der Waals surface area contributed by atoms with Crippen LogP contribution in [0, 0.1) is 41.4 Å². The lowest BCUT2D eigenvalue weighted by Gasteiger charge is -2.31. The molecule has 0 rings (SSSR count). The number of aliphatic imine (C=N–C) groups is 1. The van der Waals surface area contributed by atoms with Crippen LogP contribution in [0.25, 0.3) is 0 Å². The van der Waals surface area contributed by atoms with E-state index in [1.807, 2.05) is 0 Å². The molecule has 0 aromatic rings. The maximum absolute atomic E-state index is 14.4. The molecule has 0 aliphatic heterocycles. The van der Waals surface area contributed by atoms with Crippen LogP contribution < -0.4 is 114 Å². The Morgan fingerprint density at radius 2 is 0.626 bits per heavy atom. The Morgan fingerprint density at radius 3 is 1.03 bits per heavy atom. The van der Waals surface area contributed by atoms with Crippen molar-refractivity contribution in [1.82, 2.24) is 79.8 Å². The number of aliphatic hydroxyl groups excluding tert-OH is 2. The number of nitrogens with one attached hydrogen (secondary N) is 15. The average molecular weight is 1640 g/mol. The van der Waals surface area contributed by atoms with Gasteiger partial charge in [0, 0.05) is 6.54 Å². The molecule has 0 aromatic carbocycles. The Bertz CT molecular complexity index is 3160. The number of nitrogens with zero attached hydrogens (tertiary/aromatic N) is 1. The number of carbonyl (C=O) groups excluding carboxylic acids is 15. The molecule has 0 aliphatic rings. The minimum atomic E-state index is -1.64. The van der Waals surface area contributed by atoms with Crippen molar-refractivity contribution in [3.05, 3.63) is 0 Å². The highest BCUT2D eigenvalue weighted by Crippen LogP contribution is 2.17. The van der Waals surface area contributed by atoms with Gasteiger partial charge < -0.3 is 129 Å². The number of carbonyl (C=O) groups is 16. The zero-order valence-electron chi connectivity index (χ0n) is 69.6. The number of aliphatic hydroxyl groups is 2. The molecule has 0 unspecified atom stereocenters. The van der Waals surface area contributed by atoms with Crippen LogP contribution in [0.1, 0.15) is 187 Å². The smallest absolute Gasteiger partial charge is 0.326 e. The Hall–Kier alpha value is -9.45. The minimum Gasteiger partial charge on any atom is -0.480 e. The molecule has 0 radical (unpaired) electrons. The summed E-state index contributed by atoms with van der Waals surface area (Å²) >= 11 is 0. The molecule has 15 atom stereocenters. The van der Waals surface area contributed by atoms with Crippen LogP contribution in [-0.2, 0) is 76.7 Å². The largest absolute Gasteiger partial charge is 0.480 e. The SMILES string of the molecule is CC[C@H](C)[C@H](NC(=O)[C@H](CCCN=C(N)N)NC(=O)CNC(=O)[C@@H](NC(=O)[C@@H](NC(=O)[C@@H](NC(=O)[C@@H](NC(=O)[C@H](CO)NC(=O)CNC(=O)[C@H](CCCCN)NC(=O)[C@@H](N)CCCCN)C(C)C)C(C)C)[C@@H](C)CC)C(C)C)C(=O)N[C@H](C(=O)N[C@@H](CC(C)C)C(=O)N[C@@H](CO)C(=O)NCC(=O)N[C@@H](CCCCN)C(=O)O)C(C)C. The second kappa shape index (κ2) is 56.7. The van der Waals surface area contributed by atoms with Gasteiger partial charge in [-0.1, -0.05) is 116 Å². The van der Waals surface area contributed by atoms with E-state index >= 15 is 0 Å². The molecule has 0 aromatic heterocycles. The van der Waals surface area contributed by atoms with Crippen LogP contribution in [-0.4, -0.2) is 253 Å². The summed E-state index contributed by atoms with van der Waals surface area (Å²) in [6.07, 6.45) is 4.31. The molecule has 41 heteroatoms. The summed E-state index contributed by atoms with van der Waals surface area (Å²) in [5.41, 5.74) is 33.8. The van der Waals surface area contributed by atoms with Crippen molar-refractivity contribution in [2.24, 2.45) is 80.8 Å². The average Bonchev–Trinajstić information content (AvgIpc) is 0.835. The fraction of sp³-hybridized carbons (Fsp3) is 0.770. The number of rotatable bonds is 59. The molecule has 0 spiro atoms. The second-order valence-electron chi connectivity index (χ2n) is 30.6. The lowest BCUT2D eigenvalue weighted by molar-refractivity contribution is -0.142. The van der Waals surface area contributed by atoms with Crippen LogP contribution in [0.3, 0.4) is 0 Å². The summed E-state index contributed by atoms with van der Waals surface area (Å²) in [6, 6.07) is -17.4. The van der Waals surface area contributed by atoms with Crippen LogP contribution in [0.2, 0.25) is 0 Å². The standard InChI is InChI=1S/C74H138N22O19/c1-15-43(13)59(71(112)94-56(40(7)8)68(109)89-49(32-38(3)4)65(106)90-50(36-97)63(104)83-33-53(100)86-48(73(114)115)26-19-22-30-77)95-64(105)47(27-23-31-81-74(79)80)85-52(99)35-84-67(108)55(39(5)6)92-72(113)60(44(14)16-2)96-70(111)58(42(11)12)93-69(110)57(41(9)10)91-66(107)51(37-98)87-54(101)34-82-62(103)46(25-18-21-29-76)88-61(102)45(78)24-17-20-28-75/h38-51,55-60,97-98H,15-37,75-78H2,1-14H3,(H,82,103)(H,83,104)(H,84,108)(H,85,99)(H,86,100)(H,87,101)(H,88,102)(H,89,109)(H,90,106)(H,91,107)(H,92,113)(H,93,110)(H,94,112)(H,95,105)(H,96,111)(H,114,115)(H4,79,80,81)/t43-,44-,45-,46-,47-,48-,49-,50-,51-,55-,56-,57-,58-,59-,60-/m0/s1. The fourth-order valence-electron chi connectivity index (χ4n) is 11.4. The van der Waals surface area contributed by atoms with E-state index in [0.29, 0.717) is 77.4 Å². The number of carboxylic acid groups (broad SMARTS) is 1. The molecular weight excluding hydrogens is 1500 g/mol. The van der Waals surface area contributed by atoms with Crippen LogP contribution in [0.15, 0.2) is 4.99 Å². The van der Waals surface area contributed by atoms with Gasteiger partial charge in [0.25, 0.3) is 0 Å². The third-order valence-corrected chi connectivity index (χ3v) is 18.9. The first kappa shape index (κ1) is 106. The van der Waals surface area contributed by atoms with E-state index in [-0.39, 0.29) is 50.5 Å². The molecule has 658 valence electrons. The molecule has 115 heavy (non-hydrogen) atoms. The van der Waals surface area contributed by atoms with E-state index in [1.54, 1.807) is 96.9 Å². The maximum Gasteiger partial charge on any atom is 0.326 e. The van der Waals surface area contributed by atoms with Crippen molar-refractivity contribution in [2.75, 3.05) is 59.0 Å². The molecule has 0 saturated heterocycles. The molecule has 30 N–H and O–H groups in total. The van der Waals surface area contributed by atoms with Crippen molar-refractivity contribution >= 4 is 101 Å². The second-order valence-corrected chi connectivity index (χ2v) is 30.6. The van der Waals surface area contributed by atoms with Crippen LogP contribution >= 0.6 is 0 Å². The Kier molecular flexibility index (Phi) is 52.1. The summed E-state index contributed by atoms with van der Waals surface area (Å²) in [7, 11) is 0. The lowest BCUT2D eigenvalue weighted by atomic mass is 9.95. The third kappa shape index (κ3) is 41.1. The zero-order chi connectivity index (χ0) is 87.9. The number of unbranched alkanes of at least 4 members (excludes halogenated alkanes) is 3. The zero-order valence-corrected chi connectivity index (χ0v) is 69.6. The summed E-state index contributed by atoms with van der Waals surface area (Å²) in [5, 5.41) is 67.8. The van der Waals surface area contributed by atoms with Gasteiger partial charge in [-0.2, -0.15) is 0 Å². The fourth-order valence-corrected chi connectivity index (χ4v) is 11.4. The Balaban J connectivity index is 6.53. The van der Waals surface area contributed by atoms with Gasteiger partial charge in [-0.05, 0) is 132 Å². The number of guanidine groups is 1. The van der Waals surface area contributed by atoms with Gasteiger partial charge in [0.1, 0.15) is 72.5 Å². The van der Waals surface area contributed by atoms with Gasteiger partial charge in [0.05, 0.1) is 38.9 Å². The molecule has 0 saturated carbocycles. The van der Waals surface area contributed by atoms with Gasteiger partial charge in [-0.3, -0.25) is 76.9 Å². The van der Waals surface area contributed by atoms with Gasteiger partial charge in [-0.15, -0.1) is 0 Å². The molecule has 0 heterocycles. The Morgan fingerprint density at radius 1 is 0.330 bits per heavy atom. The number of hydrogen-bond acceptors (Lipinski definition) is 23. The topological polar surface area (TPSA) is 683 Å². The van der Waals surface area contributed by atoms with Gasteiger partial charge >= 0.3 is 5.97 Å². The molecule has 0 fully saturated rings. The number of nitrogens with two attached hydrogens (primary N) is 6.